The maximum absolute atomic E-state index is 13.5. The second-order valence-corrected chi connectivity index (χ2v) is 9.57. The lowest BCUT2D eigenvalue weighted by Gasteiger charge is -2.36. The first-order valence-electron chi connectivity index (χ1n) is 12.1. The molecule has 2 aliphatic heterocycles. The summed E-state index contributed by atoms with van der Waals surface area (Å²) in [6, 6.07) is 23.2. The zero-order valence-corrected chi connectivity index (χ0v) is 20.3. The molecule has 0 aromatic heterocycles. The average Bonchev–Trinajstić information content (AvgIpc) is 2.88. The molecule has 0 radical (unpaired) electrons. The van der Waals surface area contributed by atoms with Gasteiger partial charge in [0.1, 0.15) is 0 Å². The highest BCUT2D eigenvalue weighted by Crippen LogP contribution is 2.28. The molecule has 3 amide bonds. The van der Waals surface area contributed by atoms with Crippen LogP contribution in [0.15, 0.2) is 72.8 Å². The summed E-state index contributed by atoms with van der Waals surface area (Å²) in [7, 11) is 0. The number of piperidine rings is 1. The van der Waals surface area contributed by atoms with Crippen LogP contribution < -0.4 is 15.5 Å². The second-order valence-electron chi connectivity index (χ2n) is 9.13. The minimum atomic E-state index is -0.230. The van der Waals surface area contributed by atoms with Gasteiger partial charge in [0.15, 0.2) is 0 Å². The van der Waals surface area contributed by atoms with Crippen molar-refractivity contribution < 1.29 is 9.59 Å². The molecular formula is C28H29ClN4O2. The Bertz CT molecular complexity index is 1220. The Morgan fingerprint density at radius 3 is 2.40 bits per heavy atom. The summed E-state index contributed by atoms with van der Waals surface area (Å²) in [4.78, 5) is 30.1. The van der Waals surface area contributed by atoms with Crippen molar-refractivity contribution in [2.24, 2.45) is 0 Å². The van der Waals surface area contributed by atoms with Crippen molar-refractivity contribution >= 4 is 34.9 Å². The van der Waals surface area contributed by atoms with Crippen LogP contribution in [-0.4, -0.2) is 42.5 Å². The zero-order chi connectivity index (χ0) is 24.2. The minimum absolute atomic E-state index is 0.0758. The number of nitrogens with zero attached hydrogens (tertiary/aromatic N) is 2. The number of hydrogen-bond donors (Lipinski definition) is 2. The number of carbonyl (C=O) groups is 2. The Balaban J connectivity index is 1.20. The Kier molecular flexibility index (Phi) is 6.91. The number of benzene rings is 3. The Hall–Kier alpha value is -3.51. The normalized spacial score (nSPS) is 15.9. The van der Waals surface area contributed by atoms with Crippen LogP contribution in [0.3, 0.4) is 0 Å². The molecule has 1 fully saturated rings. The predicted molar refractivity (Wildman–Crippen MR) is 140 cm³/mol. The van der Waals surface area contributed by atoms with Crippen LogP contribution in [0.5, 0.6) is 0 Å². The first-order valence-corrected chi connectivity index (χ1v) is 12.5. The van der Waals surface area contributed by atoms with Crippen LogP contribution >= 0.6 is 11.6 Å². The van der Waals surface area contributed by atoms with Crippen LogP contribution in [-0.2, 0) is 13.0 Å². The molecule has 5 rings (SSSR count). The third-order valence-corrected chi connectivity index (χ3v) is 7.04. The van der Waals surface area contributed by atoms with E-state index in [0.717, 1.165) is 50.1 Å². The lowest BCUT2D eigenvalue weighted by atomic mass is 9.98. The number of halogens is 1. The van der Waals surface area contributed by atoms with Crippen molar-refractivity contribution in [3.63, 3.8) is 0 Å². The van der Waals surface area contributed by atoms with E-state index < -0.39 is 0 Å². The highest BCUT2D eigenvalue weighted by Gasteiger charge is 2.27. The van der Waals surface area contributed by atoms with Gasteiger partial charge in [0.05, 0.1) is 5.56 Å². The van der Waals surface area contributed by atoms with Gasteiger partial charge in [-0.05, 0) is 60.7 Å². The van der Waals surface area contributed by atoms with E-state index in [0.29, 0.717) is 17.3 Å². The van der Waals surface area contributed by atoms with Gasteiger partial charge in [-0.2, -0.15) is 0 Å². The van der Waals surface area contributed by atoms with Crippen molar-refractivity contribution in [2.75, 3.05) is 29.9 Å². The van der Waals surface area contributed by atoms with Gasteiger partial charge < -0.3 is 20.4 Å². The molecule has 35 heavy (non-hydrogen) atoms. The van der Waals surface area contributed by atoms with Crippen molar-refractivity contribution in [2.45, 2.75) is 31.8 Å². The van der Waals surface area contributed by atoms with Crippen molar-refractivity contribution in [1.29, 1.82) is 0 Å². The fraction of sp³-hybridized carbons (Fsp3) is 0.286. The van der Waals surface area contributed by atoms with Crippen LogP contribution in [0.25, 0.3) is 0 Å². The average molecular weight is 489 g/mol. The molecule has 3 aromatic rings. The van der Waals surface area contributed by atoms with Crippen LogP contribution in [0.2, 0.25) is 5.02 Å². The molecule has 0 saturated carbocycles. The fourth-order valence-electron chi connectivity index (χ4n) is 4.95. The van der Waals surface area contributed by atoms with Gasteiger partial charge in [-0.15, -0.1) is 0 Å². The first-order chi connectivity index (χ1) is 17.1. The summed E-state index contributed by atoms with van der Waals surface area (Å²) in [5.41, 5.74) is 4.95. The monoisotopic (exact) mass is 488 g/mol. The maximum atomic E-state index is 13.5. The molecule has 2 heterocycles. The van der Waals surface area contributed by atoms with Gasteiger partial charge in [0.25, 0.3) is 5.91 Å². The fourth-order valence-corrected chi connectivity index (χ4v) is 5.14. The number of nitrogens with one attached hydrogen (secondary N) is 2. The summed E-state index contributed by atoms with van der Waals surface area (Å²) in [6.07, 6.45) is 2.50. The maximum Gasteiger partial charge on any atom is 0.319 e. The van der Waals surface area contributed by atoms with Crippen LogP contribution in [0.1, 0.15) is 34.3 Å². The number of carbonyl (C=O) groups excluding carboxylic acids is 2. The van der Waals surface area contributed by atoms with E-state index in [-0.39, 0.29) is 18.0 Å². The first kappa shape index (κ1) is 23.2. The Morgan fingerprint density at radius 2 is 1.60 bits per heavy atom. The minimum Gasteiger partial charge on any atom is -0.371 e. The number of amides is 3. The van der Waals surface area contributed by atoms with Crippen LogP contribution in [0, 0.1) is 0 Å². The standard InChI is InChI=1S/C28H29ClN4O2/c29-22-8-5-9-24(18-22)31-28(35)30-23-13-16-32(17-14-23)26-11-4-3-10-25(26)27(34)33-15-12-20-6-1-2-7-21(20)19-33/h1-11,18,23H,12-17,19H2,(H2,30,31,35). The van der Waals surface area contributed by atoms with E-state index >= 15 is 0 Å². The third-order valence-electron chi connectivity index (χ3n) is 6.81. The van der Waals surface area contributed by atoms with E-state index in [2.05, 4.69) is 33.7 Å². The smallest absolute Gasteiger partial charge is 0.319 e. The van der Waals surface area contributed by atoms with E-state index in [4.69, 9.17) is 11.6 Å². The second kappa shape index (κ2) is 10.4. The topological polar surface area (TPSA) is 64.7 Å². The number of para-hydroxylation sites is 1. The molecule has 0 unspecified atom stereocenters. The molecule has 180 valence electrons. The largest absolute Gasteiger partial charge is 0.371 e. The van der Waals surface area contributed by atoms with Gasteiger partial charge in [0, 0.05) is 48.6 Å². The van der Waals surface area contributed by atoms with Crippen molar-refractivity contribution in [3.8, 4) is 0 Å². The molecule has 6 nitrogen and oxygen atoms in total. The molecule has 0 atom stereocenters. The quantitative estimate of drug-likeness (QED) is 0.521. The molecule has 2 N–H and O–H groups in total. The van der Waals surface area contributed by atoms with Crippen LogP contribution in [0.4, 0.5) is 16.2 Å². The summed E-state index contributed by atoms with van der Waals surface area (Å²) in [5, 5.41) is 6.49. The van der Waals surface area contributed by atoms with Gasteiger partial charge in [-0.1, -0.05) is 54.1 Å². The van der Waals surface area contributed by atoms with Crippen molar-refractivity contribution in [3.05, 3.63) is 94.5 Å². The molecule has 3 aromatic carbocycles. The van der Waals surface area contributed by atoms with E-state index in [1.165, 1.54) is 11.1 Å². The zero-order valence-electron chi connectivity index (χ0n) is 19.5. The van der Waals surface area contributed by atoms with E-state index in [9.17, 15) is 9.59 Å². The highest BCUT2D eigenvalue weighted by atomic mass is 35.5. The Labute approximate surface area is 210 Å². The Morgan fingerprint density at radius 1 is 0.857 bits per heavy atom. The molecule has 1 saturated heterocycles. The van der Waals surface area contributed by atoms with Gasteiger partial charge >= 0.3 is 6.03 Å². The predicted octanol–water partition coefficient (Wildman–Crippen LogP) is 5.33. The number of hydrogen-bond acceptors (Lipinski definition) is 3. The number of urea groups is 1. The molecular weight excluding hydrogens is 460 g/mol. The van der Waals surface area contributed by atoms with Gasteiger partial charge in [-0.25, -0.2) is 4.79 Å². The third kappa shape index (κ3) is 5.43. The summed E-state index contributed by atoms with van der Waals surface area (Å²) >= 11 is 6.00. The highest BCUT2D eigenvalue weighted by molar-refractivity contribution is 6.30. The van der Waals surface area contributed by atoms with E-state index in [1.807, 2.05) is 41.3 Å². The molecule has 0 aliphatic carbocycles. The number of fused-ring (bicyclic) bond motifs is 1. The number of rotatable bonds is 4. The summed E-state index contributed by atoms with van der Waals surface area (Å²) in [5.74, 6) is 0.0799. The molecule has 0 bridgehead atoms. The van der Waals surface area contributed by atoms with Crippen molar-refractivity contribution in [1.82, 2.24) is 10.2 Å². The molecule has 0 spiro atoms. The van der Waals surface area contributed by atoms with Gasteiger partial charge in [0.2, 0.25) is 0 Å². The number of anilines is 2. The lowest BCUT2D eigenvalue weighted by molar-refractivity contribution is 0.0735. The summed E-state index contributed by atoms with van der Waals surface area (Å²) in [6.45, 7) is 2.93. The lowest BCUT2D eigenvalue weighted by Crippen LogP contribution is -2.46. The molecule has 7 heteroatoms. The SMILES string of the molecule is O=C(Nc1cccc(Cl)c1)NC1CCN(c2ccccc2C(=O)N2CCc3ccccc3C2)CC1. The van der Waals surface area contributed by atoms with Gasteiger partial charge in [-0.3, -0.25) is 4.79 Å². The summed E-state index contributed by atoms with van der Waals surface area (Å²) < 4.78 is 0. The van der Waals surface area contributed by atoms with E-state index in [1.54, 1.807) is 18.2 Å². The molecule has 2 aliphatic rings.